The Kier molecular flexibility index (Phi) is 6.34. The molecule has 0 atom stereocenters. The van der Waals surface area contributed by atoms with Crippen molar-refractivity contribution in [2.45, 2.75) is 6.42 Å². The van der Waals surface area contributed by atoms with Crippen molar-refractivity contribution in [1.82, 2.24) is 9.97 Å². The van der Waals surface area contributed by atoms with E-state index in [0.717, 1.165) is 29.9 Å². The van der Waals surface area contributed by atoms with Crippen LogP contribution in [0.15, 0.2) is 60.7 Å². The van der Waals surface area contributed by atoms with Crippen LogP contribution in [0.4, 0.5) is 17.5 Å². The molecule has 0 bridgehead atoms. The van der Waals surface area contributed by atoms with Crippen molar-refractivity contribution in [3.05, 3.63) is 66.2 Å². The molecule has 0 unspecified atom stereocenters. The molecular formula is C21H21N5O. The SMILES string of the molecule is COCCCNc1nc(Nc2cccc(C#N)c2)cc(-c2ccccc2)n1. The minimum atomic E-state index is 0.548. The lowest BCUT2D eigenvalue weighted by atomic mass is 10.1. The van der Waals surface area contributed by atoms with Crippen molar-refractivity contribution in [2.75, 3.05) is 30.9 Å². The minimum absolute atomic E-state index is 0.548. The summed E-state index contributed by atoms with van der Waals surface area (Å²) in [5.74, 6) is 1.21. The van der Waals surface area contributed by atoms with E-state index in [1.54, 1.807) is 19.2 Å². The maximum absolute atomic E-state index is 9.08. The molecule has 3 rings (SSSR count). The minimum Gasteiger partial charge on any atom is -0.385 e. The molecule has 0 saturated heterocycles. The van der Waals surface area contributed by atoms with E-state index in [2.05, 4.69) is 26.7 Å². The second-order valence-electron chi connectivity index (χ2n) is 5.92. The second-order valence-corrected chi connectivity index (χ2v) is 5.92. The highest BCUT2D eigenvalue weighted by Gasteiger charge is 2.07. The number of anilines is 3. The van der Waals surface area contributed by atoms with E-state index in [0.29, 0.717) is 23.9 Å². The van der Waals surface area contributed by atoms with Gasteiger partial charge in [0, 0.05) is 37.6 Å². The number of hydrogen-bond donors (Lipinski definition) is 2. The van der Waals surface area contributed by atoms with Crippen LogP contribution in [0.5, 0.6) is 0 Å². The summed E-state index contributed by atoms with van der Waals surface area (Å²) in [5.41, 5.74) is 3.22. The number of ether oxygens (including phenoxy) is 1. The van der Waals surface area contributed by atoms with Crippen LogP contribution in [-0.2, 0) is 4.74 Å². The standard InChI is InChI=1S/C21H21N5O/c1-27-12-6-11-23-21-25-19(17-8-3-2-4-9-17)14-20(26-21)24-18-10-5-7-16(13-18)15-22/h2-5,7-10,13-14H,6,11-12H2,1H3,(H2,23,24,25,26). The Balaban J connectivity index is 1.88. The predicted octanol–water partition coefficient (Wildman–Crippen LogP) is 4.21. The Hall–Kier alpha value is -3.43. The molecular weight excluding hydrogens is 338 g/mol. The fourth-order valence-electron chi connectivity index (χ4n) is 2.58. The van der Waals surface area contributed by atoms with E-state index in [9.17, 15) is 0 Å². The van der Waals surface area contributed by atoms with Crippen LogP contribution in [0.25, 0.3) is 11.3 Å². The highest BCUT2D eigenvalue weighted by molar-refractivity contribution is 5.67. The van der Waals surface area contributed by atoms with Gasteiger partial charge in [-0.25, -0.2) is 4.98 Å². The Bertz CT molecular complexity index is 921. The van der Waals surface area contributed by atoms with Gasteiger partial charge in [0.15, 0.2) is 0 Å². The lowest BCUT2D eigenvalue weighted by Crippen LogP contribution is -2.09. The number of benzene rings is 2. The summed E-state index contributed by atoms with van der Waals surface area (Å²) in [6.07, 6.45) is 0.863. The molecule has 6 heteroatoms. The van der Waals surface area contributed by atoms with Gasteiger partial charge in [-0.05, 0) is 24.6 Å². The molecule has 0 radical (unpaired) electrons. The summed E-state index contributed by atoms with van der Waals surface area (Å²) in [4.78, 5) is 9.17. The zero-order valence-corrected chi connectivity index (χ0v) is 15.1. The lowest BCUT2D eigenvalue weighted by molar-refractivity contribution is 0.197. The van der Waals surface area contributed by atoms with Crippen LogP contribution in [0, 0.1) is 11.3 Å². The number of nitrogens with zero attached hydrogens (tertiary/aromatic N) is 3. The van der Waals surface area contributed by atoms with E-state index in [1.165, 1.54) is 0 Å². The van der Waals surface area contributed by atoms with Gasteiger partial charge in [0.2, 0.25) is 5.95 Å². The first-order chi connectivity index (χ1) is 13.3. The van der Waals surface area contributed by atoms with Crippen molar-refractivity contribution >= 4 is 17.5 Å². The zero-order chi connectivity index (χ0) is 18.9. The quantitative estimate of drug-likeness (QED) is 0.586. The molecule has 136 valence electrons. The van der Waals surface area contributed by atoms with Gasteiger partial charge in [-0.2, -0.15) is 10.2 Å². The van der Waals surface area contributed by atoms with Crippen LogP contribution in [0.3, 0.4) is 0 Å². The molecule has 3 aromatic rings. The second kappa shape index (κ2) is 9.32. The Labute approximate surface area is 158 Å². The molecule has 0 spiro atoms. The zero-order valence-electron chi connectivity index (χ0n) is 15.1. The topological polar surface area (TPSA) is 82.9 Å². The van der Waals surface area contributed by atoms with Crippen molar-refractivity contribution in [1.29, 1.82) is 5.26 Å². The van der Waals surface area contributed by atoms with Crippen molar-refractivity contribution in [3.8, 4) is 17.3 Å². The van der Waals surface area contributed by atoms with Gasteiger partial charge in [0.25, 0.3) is 0 Å². The lowest BCUT2D eigenvalue weighted by Gasteiger charge is -2.12. The summed E-state index contributed by atoms with van der Waals surface area (Å²) < 4.78 is 5.08. The molecule has 0 fully saturated rings. The van der Waals surface area contributed by atoms with Crippen molar-refractivity contribution in [2.24, 2.45) is 0 Å². The predicted molar refractivity (Wildman–Crippen MR) is 107 cm³/mol. The van der Waals surface area contributed by atoms with Gasteiger partial charge in [0.05, 0.1) is 17.3 Å². The number of aromatic nitrogens is 2. The van der Waals surface area contributed by atoms with E-state index >= 15 is 0 Å². The van der Waals surface area contributed by atoms with Crippen molar-refractivity contribution in [3.63, 3.8) is 0 Å². The third kappa shape index (κ3) is 5.27. The summed E-state index contributed by atoms with van der Waals surface area (Å²) in [5, 5.41) is 15.6. The molecule has 0 aliphatic rings. The normalized spacial score (nSPS) is 10.2. The summed E-state index contributed by atoms with van der Waals surface area (Å²) in [7, 11) is 1.68. The monoisotopic (exact) mass is 359 g/mol. The molecule has 2 N–H and O–H groups in total. The molecule has 1 heterocycles. The molecule has 0 amide bonds. The molecule has 0 aliphatic heterocycles. The van der Waals surface area contributed by atoms with Gasteiger partial charge in [0.1, 0.15) is 5.82 Å². The van der Waals surface area contributed by atoms with Gasteiger partial charge in [-0.3, -0.25) is 0 Å². The molecule has 2 aromatic carbocycles. The smallest absolute Gasteiger partial charge is 0.225 e. The van der Waals surface area contributed by atoms with E-state index in [1.807, 2.05) is 48.5 Å². The Morgan fingerprint density at radius 1 is 1.04 bits per heavy atom. The average Bonchev–Trinajstić information content (AvgIpc) is 2.72. The average molecular weight is 359 g/mol. The number of nitrogens with one attached hydrogen (secondary N) is 2. The molecule has 1 aromatic heterocycles. The summed E-state index contributed by atoms with van der Waals surface area (Å²) >= 11 is 0. The van der Waals surface area contributed by atoms with Crippen LogP contribution in [0.2, 0.25) is 0 Å². The number of methoxy groups -OCH3 is 1. The maximum Gasteiger partial charge on any atom is 0.225 e. The molecule has 6 nitrogen and oxygen atoms in total. The molecule has 0 aliphatic carbocycles. The summed E-state index contributed by atoms with van der Waals surface area (Å²) in [6, 6.07) is 21.3. The van der Waals surface area contributed by atoms with Gasteiger partial charge in [-0.1, -0.05) is 36.4 Å². The van der Waals surface area contributed by atoms with Crippen LogP contribution < -0.4 is 10.6 Å². The van der Waals surface area contributed by atoms with Crippen LogP contribution in [0.1, 0.15) is 12.0 Å². The summed E-state index contributed by atoms with van der Waals surface area (Å²) in [6.45, 7) is 1.40. The van der Waals surface area contributed by atoms with Crippen LogP contribution in [-0.4, -0.2) is 30.2 Å². The third-order valence-corrected chi connectivity index (χ3v) is 3.87. The van der Waals surface area contributed by atoms with Crippen LogP contribution >= 0.6 is 0 Å². The third-order valence-electron chi connectivity index (χ3n) is 3.87. The first-order valence-corrected chi connectivity index (χ1v) is 8.73. The fourth-order valence-corrected chi connectivity index (χ4v) is 2.58. The van der Waals surface area contributed by atoms with E-state index < -0.39 is 0 Å². The van der Waals surface area contributed by atoms with Crippen molar-refractivity contribution < 1.29 is 4.74 Å². The van der Waals surface area contributed by atoms with Gasteiger partial charge >= 0.3 is 0 Å². The first kappa shape index (κ1) is 18.4. The Morgan fingerprint density at radius 2 is 1.89 bits per heavy atom. The highest BCUT2D eigenvalue weighted by atomic mass is 16.5. The first-order valence-electron chi connectivity index (χ1n) is 8.73. The highest BCUT2D eigenvalue weighted by Crippen LogP contribution is 2.24. The molecule has 27 heavy (non-hydrogen) atoms. The van der Waals surface area contributed by atoms with E-state index in [4.69, 9.17) is 10.00 Å². The molecule has 0 saturated carbocycles. The maximum atomic E-state index is 9.08. The number of nitriles is 1. The largest absolute Gasteiger partial charge is 0.385 e. The number of rotatable bonds is 8. The van der Waals surface area contributed by atoms with Gasteiger partial charge < -0.3 is 15.4 Å². The fraction of sp³-hybridized carbons (Fsp3) is 0.190. The van der Waals surface area contributed by atoms with Gasteiger partial charge in [-0.15, -0.1) is 0 Å². The Morgan fingerprint density at radius 3 is 2.67 bits per heavy atom. The van der Waals surface area contributed by atoms with E-state index in [-0.39, 0.29) is 0 Å². The number of hydrogen-bond acceptors (Lipinski definition) is 6.